The lowest BCUT2D eigenvalue weighted by Crippen LogP contribution is -2.52. The number of rotatable bonds is 10. The highest BCUT2D eigenvalue weighted by atomic mass is 28.3. The fourth-order valence-electron chi connectivity index (χ4n) is 10.5. The molecular weight excluding hydrogens is 777 g/mol. The van der Waals surface area contributed by atoms with Gasteiger partial charge in [0.15, 0.2) is 5.60 Å². The minimum Gasteiger partial charge on any atom is -0.497 e. The standard InChI is InChI=1S/C47H54N4O8Si/c1-31-45(60(3,4)39-20-18-38(58-2)19-21-39)42(27-44(54)49-29-34-14-9-8-13-33(34)25-37(49)30-52)59-47(31)40-26-36(51(56)57)17-22-41(40)50(46(47)55)28-32-12-11-15-35(24-32)48-23-10-6-5-7-16-43(48)53/h8-9,11-15,17-22,24,26,31,37,42,45,52H,5-7,10,16,23,25,27-30H2,1-4H3/t31-,37+,42+,45-,47+/m1/s1. The number of nitro groups is 1. The number of aliphatic hydroxyl groups excluding tert-OH is 1. The Morgan fingerprint density at radius 2 is 1.72 bits per heavy atom. The van der Waals surface area contributed by atoms with E-state index in [1.54, 1.807) is 23.0 Å². The van der Waals surface area contributed by atoms with E-state index in [0.29, 0.717) is 42.9 Å². The first-order chi connectivity index (χ1) is 28.9. The summed E-state index contributed by atoms with van der Waals surface area (Å²) in [5.74, 6) is -0.218. The molecular formula is C47H54N4O8Si. The molecule has 12 nitrogen and oxygen atoms in total. The van der Waals surface area contributed by atoms with Crippen LogP contribution in [-0.4, -0.2) is 73.1 Å². The molecule has 4 heterocycles. The molecule has 5 atom stereocenters. The molecule has 0 aromatic heterocycles. The van der Waals surface area contributed by atoms with Crippen LogP contribution >= 0.6 is 0 Å². The number of fused-ring (bicyclic) bond motifs is 3. The summed E-state index contributed by atoms with van der Waals surface area (Å²) in [6, 6.07) is 27.7. The van der Waals surface area contributed by atoms with Gasteiger partial charge in [-0.05, 0) is 71.8 Å². The summed E-state index contributed by atoms with van der Waals surface area (Å²) in [7, 11) is -1.05. The first kappa shape index (κ1) is 41.4. The maximum atomic E-state index is 15.5. The van der Waals surface area contributed by atoms with E-state index in [2.05, 4.69) is 25.2 Å². The highest BCUT2D eigenvalue weighted by molar-refractivity contribution is 6.91. The smallest absolute Gasteiger partial charge is 0.269 e. The van der Waals surface area contributed by atoms with Crippen LogP contribution < -0.4 is 19.7 Å². The molecule has 60 heavy (non-hydrogen) atoms. The van der Waals surface area contributed by atoms with Crippen LogP contribution in [0.3, 0.4) is 0 Å². The van der Waals surface area contributed by atoms with Gasteiger partial charge >= 0.3 is 0 Å². The van der Waals surface area contributed by atoms with Crippen molar-refractivity contribution >= 4 is 48.0 Å². The molecule has 0 saturated carbocycles. The minimum absolute atomic E-state index is 0.0363. The van der Waals surface area contributed by atoms with Crippen molar-refractivity contribution in [3.05, 3.63) is 123 Å². The topological polar surface area (TPSA) is 143 Å². The first-order valence-corrected chi connectivity index (χ1v) is 24.2. The van der Waals surface area contributed by atoms with Gasteiger partial charge in [0.1, 0.15) is 5.75 Å². The average Bonchev–Trinajstić information content (AvgIpc) is 3.67. The summed E-state index contributed by atoms with van der Waals surface area (Å²) < 4.78 is 12.7. The number of hydrogen-bond donors (Lipinski definition) is 1. The molecule has 1 N–H and O–H groups in total. The van der Waals surface area contributed by atoms with Crippen LogP contribution in [0, 0.1) is 16.0 Å². The number of non-ortho nitro benzene ring substituents is 1. The van der Waals surface area contributed by atoms with Crippen LogP contribution in [0.5, 0.6) is 5.75 Å². The van der Waals surface area contributed by atoms with Crippen LogP contribution in [0.15, 0.2) is 91.0 Å². The van der Waals surface area contributed by atoms with Crippen LogP contribution in [0.25, 0.3) is 0 Å². The number of amides is 3. The monoisotopic (exact) mass is 830 g/mol. The Morgan fingerprint density at radius 1 is 0.967 bits per heavy atom. The van der Waals surface area contributed by atoms with E-state index in [1.807, 2.05) is 72.5 Å². The van der Waals surface area contributed by atoms with Gasteiger partial charge in [-0.3, -0.25) is 24.5 Å². The predicted molar refractivity (Wildman–Crippen MR) is 232 cm³/mol. The summed E-state index contributed by atoms with van der Waals surface area (Å²) in [6.07, 6.45) is 4.13. The van der Waals surface area contributed by atoms with Gasteiger partial charge in [0, 0.05) is 48.8 Å². The molecule has 3 amide bonds. The summed E-state index contributed by atoms with van der Waals surface area (Å²) >= 11 is 0. The summed E-state index contributed by atoms with van der Waals surface area (Å²) in [5.41, 5.74) is 2.58. The Morgan fingerprint density at radius 3 is 2.45 bits per heavy atom. The van der Waals surface area contributed by atoms with E-state index >= 15 is 4.79 Å². The molecule has 4 aromatic rings. The van der Waals surface area contributed by atoms with Crippen molar-refractivity contribution in [1.82, 2.24) is 4.90 Å². The maximum Gasteiger partial charge on any atom is 0.269 e. The molecule has 1 spiro atoms. The minimum atomic E-state index is -2.67. The number of carbonyl (C=O) groups excluding carboxylic acids is 3. The van der Waals surface area contributed by atoms with Crippen LogP contribution in [0.4, 0.5) is 17.1 Å². The van der Waals surface area contributed by atoms with Crippen molar-refractivity contribution in [1.29, 1.82) is 0 Å². The summed E-state index contributed by atoms with van der Waals surface area (Å²) in [4.78, 5) is 60.5. The van der Waals surface area contributed by atoms with Crippen molar-refractivity contribution in [2.75, 3.05) is 30.1 Å². The zero-order valence-corrected chi connectivity index (χ0v) is 35.8. The second-order valence-corrected chi connectivity index (χ2v) is 22.1. The zero-order chi connectivity index (χ0) is 42.3. The molecule has 13 heteroatoms. The van der Waals surface area contributed by atoms with E-state index in [9.17, 15) is 24.8 Å². The molecule has 8 rings (SSSR count). The molecule has 0 aliphatic carbocycles. The molecule has 0 unspecified atom stereocenters. The third-order valence-corrected chi connectivity index (χ3v) is 18.0. The molecule has 314 valence electrons. The summed E-state index contributed by atoms with van der Waals surface area (Å²) in [6.45, 7) is 7.39. The van der Waals surface area contributed by atoms with Gasteiger partial charge in [-0.2, -0.15) is 0 Å². The Balaban J connectivity index is 1.19. The number of benzene rings is 4. The number of nitro benzene ring substituents is 1. The van der Waals surface area contributed by atoms with E-state index in [0.717, 1.165) is 53.2 Å². The van der Waals surface area contributed by atoms with Crippen molar-refractivity contribution < 1.29 is 33.9 Å². The summed E-state index contributed by atoms with van der Waals surface area (Å²) in [5, 5.41) is 24.0. The normalized spacial score (nSPS) is 24.2. The lowest BCUT2D eigenvalue weighted by molar-refractivity contribution is -0.385. The van der Waals surface area contributed by atoms with E-state index in [4.69, 9.17) is 9.47 Å². The van der Waals surface area contributed by atoms with Crippen molar-refractivity contribution in [3.63, 3.8) is 0 Å². The Kier molecular flexibility index (Phi) is 11.4. The number of carbonyl (C=O) groups is 3. The van der Waals surface area contributed by atoms with Gasteiger partial charge in [0.05, 0.1) is 57.5 Å². The maximum absolute atomic E-state index is 15.5. The van der Waals surface area contributed by atoms with E-state index in [1.165, 1.54) is 12.1 Å². The van der Waals surface area contributed by atoms with Crippen molar-refractivity contribution in [2.45, 2.75) is 101 Å². The third-order valence-electron chi connectivity index (χ3n) is 13.7. The van der Waals surface area contributed by atoms with Crippen molar-refractivity contribution in [3.8, 4) is 5.75 Å². The number of ether oxygens (including phenoxy) is 2. The Labute approximate surface area is 352 Å². The lowest BCUT2D eigenvalue weighted by atomic mass is 9.82. The van der Waals surface area contributed by atoms with Crippen LogP contribution in [0.1, 0.15) is 67.7 Å². The molecule has 0 radical (unpaired) electrons. The third kappa shape index (κ3) is 7.30. The largest absolute Gasteiger partial charge is 0.497 e. The first-order valence-electron chi connectivity index (χ1n) is 21.2. The van der Waals surface area contributed by atoms with Gasteiger partial charge < -0.3 is 29.3 Å². The van der Waals surface area contributed by atoms with E-state index in [-0.39, 0.29) is 48.5 Å². The van der Waals surface area contributed by atoms with Gasteiger partial charge in [-0.25, -0.2) is 0 Å². The molecule has 2 fully saturated rings. The second kappa shape index (κ2) is 16.6. The predicted octanol–water partition coefficient (Wildman–Crippen LogP) is 7.00. The lowest BCUT2D eigenvalue weighted by Gasteiger charge is -2.39. The fraction of sp³-hybridized carbons (Fsp3) is 0.426. The Hall–Kier alpha value is -5.37. The highest BCUT2D eigenvalue weighted by Gasteiger charge is 2.67. The van der Waals surface area contributed by atoms with Gasteiger partial charge in [-0.15, -0.1) is 0 Å². The number of aliphatic hydroxyl groups is 1. The fourth-order valence-corrected chi connectivity index (χ4v) is 14.6. The number of hydrogen-bond acceptors (Lipinski definition) is 8. The number of nitrogens with zero attached hydrogens (tertiary/aromatic N) is 4. The van der Waals surface area contributed by atoms with E-state index < -0.39 is 36.7 Å². The Bertz CT molecular complexity index is 2300. The average molecular weight is 831 g/mol. The number of methoxy groups -OCH3 is 1. The number of anilines is 2. The SMILES string of the molecule is COc1ccc([Si](C)(C)[C@H]2[C@H](CC(=O)N3Cc4ccccc4C[C@H]3CO)O[C@@]3(C(=O)N(Cc4cccc(N5CCCCCCC5=O)c4)c4ccc([N+](=O)[O-])cc43)[C@@H]2C)cc1. The van der Waals surface area contributed by atoms with Crippen LogP contribution in [-0.2, 0) is 44.2 Å². The van der Waals surface area contributed by atoms with Gasteiger partial charge in [0.2, 0.25) is 11.8 Å². The van der Waals surface area contributed by atoms with Crippen molar-refractivity contribution in [2.24, 2.45) is 5.92 Å². The van der Waals surface area contributed by atoms with Gasteiger partial charge in [0.25, 0.3) is 11.6 Å². The van der Waals surface area contributed by atoms with Gasteiger partial charge in [-0.1, -0.05) is 86.6 Å². The molecule has 4 aliphatic rings. The van der Waals surface area contributed by atoms with Crippen LogP contribution in [0.2, 0.25) is 18.6 Å². The molecule has 2 saturated heterocycles. The highest BCUT2D eigenvalue weighted by Crippen LogP contribution is 2.60. The zero-order valence-electron chi connectivity index (χ0n) is 34.8. The molecule has 4 aliphatic heterocycles. The quantitative estimate of drug-likeness (QED) is 0.102. The molecule has 0 bridgehead atoms. The molecule has 4 aromatic carbocycles. The second-order valence-electron chi connectivity index (χ2n) is 17.4.